The Labute approximate surface area is 76.7 Å². The molecule has 0 spiro atoms. The van der Waals surface area contributed by atoms with Crippen LogP contribution >= 0.6 is 0 Å². The predicted octanol–water partition coefficient (Wildman–Crippen LogP) is -3.31. The van der Waals surface area contributed by atoms with E-state index in [4.69, 9.17) is 5.84 Å². The number of halogens is 1. The van der Waals surface area contributed by atoms with Crippen molar-refractivity contribution in [3.8, 4) is 0 Å². The van der Waals surface area contributed by atoms with Crippen molar-refractivity contribution in [1.29, 1.82) is 0 Å². The van der Waals surface area contributed by atoms with Gasteiger partial charge < -0.3 is 17.0 Å². The van der Waals surface area contributed by atoms with Crippen LogP contribution in [0, 0.1) is 0 Å². The van der Waals surface area contributed by atoms with E-state index < -0.39 is 0 Å². The fourth-order valence-corrected chi connectivity index (χ4v) is 0.777. The van der Waals surface area contributed by atoms with Gasteiger partial charge in [0.05, 0.1) is 0 Å². The largest absolute Gasteiger partial charge is 1.00 e. The fraction of sp³-hybridized carbons (Fsp3) is 0.667. The minimum absolute atomic E-state index is 0. The zero-order valence-electron chi connectivity index (χ0n) is 6.57. The predicted molar refractivity (Wildman–Crippen MR) is 37.5 cm³/mol. The highest BCUT2D eigenvalue weighted by atomic mass is 79.9. The molecule has 1 heterocycles. The van der Waals surface area contributed by atoms with Crippen LogP contribution in [0.2, 0.25) is 0 Å². The van der Waals surface area contributed by atoms with E-state index >= 15 is 0 Å². The third-order valence-electron chi connectivity index (χ3n) is 1.35. The SMILES string of the molecule is CCCC[n+]1ccn(N)n1.[Br-]. The zero-order valence-corrected chi connectivity index (χ0v) is 8.16. The smallest absolute Gasteiger partial charge is 0.184 e. The van der Waals surface area contributed by atoms with Gasteiger partial charge in [-0.25, -0.2) is 5.84 Å². The monoisotopic (exact) mass is 220 g/mol. The number of hydrogen-bond donors (Lipinski definition) is 1. The molecule has 0 unspecified atom stereocenters. The molecule has 2 N–H and O–H groups in total. The highest BCUT2D eigenvalue weighted by Gasteiger charge is 1.99. The number of nitrogens with zero attached hydrogens (tertiary/aromatic N) is 3. The summed E-state index contributed by atoms with van der Waals surface area (Å²) in [5.41, 5.74) is 0. The molecule has 0 saturated carbocycles. The van der Waals surface area contributed by atoms with Crippen molar-refractivity contribution < 1.29 is 21.7 Å². The first-order valence-electron chi connectivity index (χ1n) is 3.53. The lowest BCUT2D eigenvalue weighted by molar-refractivity contribution is -0.755. The first-order valence-corrected chi connectivity index (χ1v) is 3.53. The summed E-state index contributed by atoms with van der Waals surface area (Å²) < 4.78 is 1.84. The molecule has 1 aromatic rings. The lowest BCUT2D eigenvalue weighted by Crippen LogP contribution is -3.00. The quantitative estimate of drug-likeness (QED) is 0.429. The average Bonchev–Trinajstić information content (AvgIpc) is 2.31. The van der Waals surface area contributed by atoms with Crippen LogP contribution in [0.4, 0.5) is 0 Å². The number of hydrogen-bond acceptors (Lipinski definition) is 2. The van der Waals surface area contributed by atoms with Gasteiger partial charge in [0.1, 0.15) is 11.8 Å². The van der Waals surface area contributed by atoms with Crippen molar-refractivity contribution in [2.24, 2.45) is 0 Å². The molecule has 0 bridgehead atoms. The summed E-state index contributed by atoms with van der Waals surface area (Å²) in [6.07, 6.45) is 5.94. The molecule has 0 fully saturated rings. The van der Waals surface area contributed by atoms with Crippen molar-refractivity contribution in [1.82, 2.24) is 10.0 Å². The highest BCUT2D eigenvalue weighted by Crippen LogP contribution is 1.83. The van der Waals surface area contributed by atoms with Crippen LogP contribution in [0.5, 0.6) is 0 Å². The minimum atomic E-state index is 0. The first-order chi connectivity index (χ1) is 4.83. The third-order valence-corrected chi connectivity index (χ3v) is 1.35. The molecule has 1 rings (SSSR count). The topological polar surface area (TPSA) is 47.7 Å². The third kappa shape index (κ3) is 3.36. The molecular formula is C6H13BrN4. The van der Waals surface area contributed by atoms with Crippen molar-refractivity contribution in [3.63, 3.8) is 0 Å². The van der Waals surface area contributed by atoms with E-state index in [2.05, 4.69) is 12.1 Å². The second-order valence-electron chi connectivity index (χ2n) is 2.28. The highest BCUT2D eigenvalue weighted by molar-refractivity contribution is 4.54. The molecule has 0 atom stereocenters. The average molecular weight is 221 g/mol. The standard InChI is InChI=1S/C6H13N4.BrH/c1-2-3-4-9-5-6-10(7)8-9;/h5-6H,2-4H2,1H3,(H2,7,8);1H/q+1;/p-1. The van der Waals surface area contributed by atoms with E-state index in [1.165, 1.54) is 11.2 Å². The second-order valence-corrected chi connectivity index (χ2v) is 2.28. The van der Waals surface area contributed by atoms with E-state index in [1.54, 1.807) is 6.20 Å². The Morgan fingerprint density at radius 2 is 2.36 bits per heavy atom. The summed E-state index contributed by atoms with van der Waals surface area (Å²) in [6, 6.07) is 0. The Morgan fingerprint density at radius 3 is 2.82 bits per heavy atom. The molecule has 4 nitrogen and oxygen atoms in total. The minimum Gasteiger partial charge on any atom is -1.00 e. The molecular weight excluding hydrogens is 208 g/mol. The fourth-order valence-electron chi connectivity index (χ4n) is 0.777. The van der Waals surface area contributed by atoms with Gasteiger partial charge in [-0.15, -0.1) is 4.68 Å². The Balaban J connectivity index is 0.000001000. The molecule has 0 radical (unpaired) electrons. The maximum atomic E-state index is 5.34. The molecule has 0 aliphatic carbocycles. The summed E-state index contributed by atoms with van der Waals surface area (Å²) in [7, 11) is 0. The van der Waals surface area contributed by atoms with E-state index in [0.29, 0.717) is 0 Å². The van der Waals surface area contributed by atoms with Gasteiger partial charge in [0.2, 0.25) is 0 Å². The van der Waals surface area contributed by atoms with Crippen LogP contribution in [-0.2, 0) is 6.54 Å². The Morgan fingerprint density at radius 1 is 1.64 bits per heavy atom. The lowest BCUT2D eigenvalue weighted by Gasteiger charge is -1.87. The van der Waals surface area contributed by atoms with Gasteiger partial charge in [0.15, 0.2) is 12.4 Å². The number of unbranched alkanes of at least 4 members (excludes halogenated alkanes) is 1. The van der Waals surface area contributed by atoms with Crippen LogP contribution in [-0.4, -0.2) is 10.0 Å². The summed E-state index contributed by atoms with van der Waals surface area (Å²) in [6.45, 7) is 3.11. The van der Waals surface area contributed by atoms with Gasteiger partial charge >= 0.3 is 0 Å². The molecule has 64 valence electrons. The van der Waals surface area contributed by atoms with Crippen LogP contribution in [0.1, 0.15) is 19.8 Å². The molecule has 0 aromatic carbocycles. The molecule has 0 saturated heterocycles. The van der Waals surface area contributed by atoms with E-state index in [1.807, 2.05) is 10.9 Å². The maximum absolute atomic E-state index is 5.34. The van der Waals surface area contributed by atoms with Gasteiger partial charge in [-0.1, -0.05) is 13.3 Å². The normalized spacial score (nSPS) is 9.18. The molecule has 0 aliphatic heterocycles. The van der Waals surface area contributed by atoms with Crippen LogP contribution < -0.4 is 27.5 Å². The van der Waals surface area contributed by atoms with Crippen molar-refractivity contribution >= 4 is 0 Å². The van der Waals surface area contributed by atoms with Crippen molar-refractivity contribution in [2.75, 3.05) is 5.84 Å². The van der Waals surface area contributed by atoms with Gasteiger partial charge in [-0.2, -0.15) is 0 Å². The number of aryl methyl sites for hydroxylation is 1. The summed E-state index contributed by atoms with van der Waals surface area (Å²) >= 11 is 0. The van der Waals surface area contributed by atoms with E-state index in [9.17, 15) is 0 Å². The molecule has 0 amide bonds. The molecule has 1 aromatic heterocycles. The summed E-state index contributed by atoms with van der Waals surface area (Å²) in [4.78, 5) is 1.32. The Bertz CT molecular complexity index is 198. The summed E-state index contributed by atoms with van der Waals surface area (Å²) in [5.74, 6) is 5.34. The van der Waals surface area contributed by atoms with Gasteiger partial charge in [-0.3, -0.25) is 0 Å². The van der Waals surface area contributed by atoms with Crippen LogP contribution in [0.15, 0.2) is 12.4 Å². The molecule has 5 heteroatoms. The van der Waals surface area contributed by atoms with E-state index in [-0.39, 0.29) is 17.0 Å². The number of rotatable bonds is 3. The van der Waals surface area contributed by atoms with Crippen LogP contribution in [0.3, 0.4) is 0 Å². The number of nitrogens with two attached hydrogens (primary N) is 1. The Kier molecular flexibility index (Phi) is 4.85. The number of nitrogen functional groups attached to an aromatic ring is 1. The van der Waals surface area contributed by atoms with Crippen LogP contribution in [0.25, 0.3) is 0 Å². The molecule has 11 heavy (non-hydrogen) atoms. The number of aromatic nitrogens is 3. The Hall–Kier alpha value is -0.580. The van der Waals surface area contributed by atoms with Gasteiger partial charge in [0.25, 0.3) is 0 Å². The summed E-state index contributed by atoms with van der Waals surface area (Å²) in [5, 5.41) is 3.96. The van der Waals surface area contributed by atoms with E-state index in [0.717, 1.165) is 13.0 Å². The van der Waals surface area contributed by atoms with Gasteiger partial charge in [-0.05, 0) is 11.2 Å². The molecule has 0 aliphatic rings. The first kappa shape index (κ1) is 10.4. The lowest BCUT2D eigenvalue weighted by atomic mass is 10.3. The van der Waals surface area contributed by atoms with Gasteiger partial charge in [0, 0.05) is 0 Å². The van der Waals surface area contributed by atoms with Crippen molar-refractivity contribution in [2.45, 2.75) is 26.3 Å². The zero-order chi connectivity index (χ0) is 7.40. The van der Waals surface area contributed by atoms with Crippen molar-refractivity contribution in [3.05, 3.63) is 12.4 Å². The second kappa shape index (κ2) is 5.12. The maximum Gasteiger partial charge on any atom is 0.184 e.